The molecule has 0 saturated carbocycles. The number of likely N-dealkylation sites (tertiary alicyclic amines) is 2. The highest BCUT2D eigenvalue weighted by atomic mass is 16.5. The standard InChI is InChI=1S/C34H51N3O6/c1-4-5-7-10-24(11-8-6-9-18-35(2)3)29(38)23-36-22-27(25-12-13-30-26(21-25)17-20-43-30)33(34(41)42)28(36)16-19-37-31(39)14-15-32(37)40/h12-13,21,24,27-28,33H,4-11,14-20,22-23H2,1-3H3,(H,41,42)/t24-,27-,28+,33-/m1/s1. The molecule has 0 bridgehead atoms. The van der Waals surface area contributed by atoms with Gasteiger partial charge < -0.3 is 14.7 Å². The van der Waals surface area contributed by atoms with Crippen LogP contribution in [0.1, 0.15) is 94.6 Å². The van der Waals surface area contributed by atoms with E-state index in [1.165, 1.54) is 4.90 Å². The molecule has 2 amide bonds. The molecule has 0 unspecified atom stereocenters. The molecule has 43 heavy (non-hydrogen) atoms. The summed E-state index contributed by atoms with van der Waals surface area (Å²) in [5.41, 5.74) is 2.04. The summed E-state index contributed by atoms with van der Waals surface area (Å²) in [5, 5.41) is 10.5. The van der Waals surface area contributed by atoms with Crippen LogP contribution in [0, 0.1) is 11.8 Å². The molecule has 0 aromatic heterocycles. The first kappa shape index (κ1) is 33.1. The molecule has 1 aromatic carbocycles. The number of carbonyl (C=O) groups excluding carboxylic acids is 3. The number of ketones is 1. The first-order valence-corrected chi connectivity index (χ1v) is 16.4. The number of unbranched alkanes of at least 4 members (excludes halogenated alkanes) is 4. The van der Waals surface area contributed by atoms with Crippen molar-refractivity contribution >= 4 is 23.6 Å². The van der Waals surface area contributed by atoms with Crippen LogP contribution in [0.4, 0.5) is 0 Å². The average molecular weight is 598 g/mol. The number of carboxylic acid groups (broad SMARTS) is 1. The summed E-state index contributed by atoms with van der Waals surface area (Å²) in [6.45, 7) is 4.68. The van der Waals surface area contributed by atoms with Crippen molar-refractivity contribution in [3.63, 3.8) is 0 Å². The smallest absolute Gasteiger partial charge is 0.308 e. The Labute approximate surface area is 256 Å². The molecule has 2 fully saturated rings. The van der Waals surface area contributed by atoms with E-state index in [9.17, 15) is 24.3 Å². The predicted molar refractivity (Wildman–Crippen MR) is 165 cm³/mol. The molecule has 3 aliphatic heterocycles. The van der Waals surface area contributed by atoms with E-state index < -0.39 is 17.9 Å². The molecule has 238 valence electrons. The van der Waals surface area contributed by atoms with Gasteiger partial charge in [0.05, 0.1) is 19.1 Å². The highest BCUT2D eigenvalue weighted by Gasteiger charge is 2.47. The third-order valence-corrected chi connectivity index (χ3v) is 9.61. The van der Waals surface area contributed by atoms with Gasteiger partial charge in [0.15, 0.2) is 0 Å². The maximum Gasteiger partial charge on any atom is 0.308 e. The maximum absolute atomic E-state index is 13.9. The molecular formula is C34H51N3O6. The summed E-state index contributed by atoms with van der Waals surface area (Å²) < 4.78 is 5.68. The molecule has 3 aliphatic rings. The first-order valence-electron chi connectivity index (χ1n) is 16.4. The highest BCUT2D eigenvalue weighted by molar-refractivity contribution is 6.01. The molecule has 3 heterocycles. The van der Waals surface area contributed by atoms with Crippen molar-refractivity contribution in [2.75, 3.05) is 46.9 Å². The predicted octanol–water partition coefficient (Wildman–Crippen LogP) is 4.52. The molecular weight excluding hydrogens is 546 g/mol. The largest absolute Gasteiger partial charge is 0.493 e. The van der Waals surface area contributed by atoms with E-state index in [-0.39, 0.29) is 55.4 Å². The summed E-state index contributed by atoms with van der Waals surface area (Å²) in [6.07, 6.45) is 9.71. The second kappa shape index (κ2) is 15.8. The number of rotatable bonds is 18. The van der Waals surface area contributed by atoms with Gasteiger partial charge in [-0.2, -0.15) is 0 Å². The number of aliphatic carboxylic acids is 1. The minimum atomic E-state index is -0.902. The second-order valence-corrected chi connectivity index (χ2v) is 13.0. The van der Waals surface area contributed by atoms with Gasteiger partial charge in [-0.05, 0) is 63.5 Å². The number of amides is 2. The van der Waals surface area contributed by atoms with Crippen LogP contribution in [0.25, 0.3) is 0 Å². The van der Waals surface area contributed by atoms with Gasteiger partial charge in [-0.3, -0.25) is 29.0 Å². The Balaban J connectivity index is 1.53. The number of fused-ring (bicyclic) bond motifs is 1. The van der Waals surface area contributed by atoms with E-state index in [1.54, 1.807) is 0 Å². The Bertz CT molecular complexity index is 1120. The minimum absolute atomic E-state index is 0.0345. The van der Waals surface area contributed by atoms with E-state index >= 15 is 0 Å². The van der Waals surface area contributed by atoms with Crippen molar-refractivity contribution in [2.24, 2.45) is 11.8 Å². The number of carbonyl (C=O) groups is 4. The number of hydrogen-bond donors (Lipinski definition) is 1. The monoisotopic (exact) mass is 597 g/mol. The molecule has 1 aromatic rings. The molecule has 4 rings (SSSR count). The van der Waals surface area contributed by atoms with Gasteiger partial charge >= 0.3 is 5.97 Å². The lowest BCUT2D eigenvalue weighted by Gasteiger charge is -2.29. The van der Waals surface area contributed by atoms with Crippen molar-refractivity contribution in [3.8, 4) is 5.75 Å². The molecule has 9 nitrogen and oxygen atoms in total. The SMILES string of the molecule is CCCCC[C@H](CCCCCN(C)C)C(=O)CN1C[C@H](c2ccc3c(c2)CCO3)[C@@H](C(=O)O)[C@@H]1CCN1C(=O)CCC1=O. The number of imide groups is 1. The van der Waals surface area contributed by atoms with Crippen LogP contribution in [0.2, 0.25) is 0 Å². The zero-order valence-electron chi connectivity index (χ0n) is 26.4. The Kier molecular flexibility index (Phi) is 12.2. The van der Waals surface area contributed by atoms with Gasteiger partial charge in [-0.25, -0.2) is 0 Å². The van der Waals surface area contributed by atoms with E-state index in [1.807, 2.05) is 12.1 Å². The van der Waals surface area contributed by atoms with Gasteiger partial charge in [0, 0.05) is 50.2 Å². The topological polar surface area (TPSA) is 107 Å². The Morgan fingerprint density at radius 1 is 1.02 bits per heavy atom. The zero-order valence-corrected chi connectivity index (χ0v) is 26.4. The normalized spacial score (nSPS) is 22.8. The second-order valence-electron chi connectivity index (χ2n) is 13.0. The number of hydrogen-bond acceptors (Lipinski definition) is 7. The molecule has 1 N–H and O–H groups in total. The van der Waals surface area contributed by atoms with Crippen molar-refractivity contribution < 1.29 is 29.0 Å². The zero-order chi connectivity index (χ0) is 30.9. The first-order chi connectivity index (χ1) is 20.7. The Morgan fingerprint density at radius 3 is 2.42 bits per heavy atom. The van der Waals surface area contributed by atoms with Gasteiger partial charge in [-0.1, -0.05) is 51.2 Å². The number of nitrogens with zero attached hydrogens (tertiary/aromatic N) is 3. The lowest BCUT2D eigenvalue weighted by Crippen LogP contribution is -2.43. The molecule has 0 aliphatic carbocycles. The summed E-state index contributed by atoms with van der Waals surface area (Å²) in [4.78, 5) is 57.0. The van der Waals surface area contributed by atoms with E-state index in [0.717, 1.165) is 81.2 Å². The molecule has 0 radical (unpaired) electrons. The van der Waals surface area contributed by atoms with Crippen LogP contribution in [-0.2, 0) is 25.6 Å². The van der Waals surface area contributed by atoms with Crippen molar-refractivity contribution in [2.45, 2.75) is 95.9 Å². The van der Waals surface area contributed by atoms with E-state index in [4.69, 9.17) is 4.74 Å². The van der Waals surface area contributed by atoms with Crippen LogP contribution in [0.15, 0.2) is 18.2 Å². The van der Waals surface area contributed by atoms with Crippen molar-refractivity contribution in [3.05, 3.63) is 29.3 Å². The van der Waals surface area contributed by atoms with E-state index in [0.29, 0.717) is 19.6 Å². The van der Waals surface area contributed by atoms with Gasteiger partial charge in [-0.15, -0.1) is 0 Å². The third-order valence-electron chi connectivity index (χ3n) is 9.61. The molecule has 0 spiro atoms. The lowest BCUT2D eigenvalue weighted by molar-refractivity contribution is -0.143. The lowest BCUT2D eigenvalue weighted by atomic mass is 9.83. The molecule has 2 saturated heterocycles. The van der Waals surface area contributed by atoms with E-state index in [2.05, 4.69) is 36.9 Å². The van der Waals surface area contributed by atoms with Gasteiger partial charge in [0.1, 0.15) is 11.5 Å². The highest BCUT2D eigenvalue weighted by Crippen LogP contribution is 2.41. The van der Waals surface area contributed by atoms with Crippen LogP contribution in [0.3, 0.4) is 0 Å². The third kappa shape index (κ3) is 8.66. The Hall–Kier alpha value is -2.78. The Morgan fingerprint density at radius 2 is 1.74 bits per heavy atom. The fourth-order valence-electron chi connectivity index (χ4n) is 7.19. The number of ether oxygens (including phenoxy) is 1. The quantitative estimate of drug-likeness (QED) is 0.195. The number of benzene rings is 1. The summed E-state index contributed by atoms with van der Waals surface area (Å²) in [7, 11) is 4.15. The van der Waals surface area contributed by atoms with Gasteiger partial charge in [0.2, 0.25) is 11.8 Å². The summed E-state index contributed by atoms with van der Waals surface area (Å²) in [6, 6.07) is 5.51. The number of carboxylic acids is 1. The summed E-state index contributed by atoms with van der Waals surface area (Å²) in [5.74, 6) is -1.33. The van der Waals surface area contributed by atoms with Crippen LogP contribution < -0.4 is 4.74 Å². The van der Waals surface area contributed by atoms with Gasteiger partial charge in [0.25, 0.3) is 0 Å². The molecule has 4 atom stereocenters. The van der Waals surface area contributed by atoms with Crippen LogP contribution in [0.5, 0.6) is 5.75 Å². The minimum Gasteiger partial charge on any atom is -0.493 e. The van der Waals surface area contributed by atoms with Crippen molar-refractivity contribution in [1.29, 1.82) is 0 Å². The van der Waals surface area contributed by atoms with Crippen LogP contribution in [-0.4, -0.2) is 96.3 Å². The molecule has 9 heteroatoms. The summed E-state index contributed by atoms with van der Waals surface area (Å²) >= 11 is 0. The fourth-order valence-corrected chi connectivity index (χ4v) is 7.19. The fraction of sp³-hybridized carbons (Fsp3) is 0.706. The average Bonchev–Trinajstić information content (AvgIpc) is 3.67. The van der Waals surface area contributed by atoms with Crippen LogP contribution >= 0.6 is 0 Å². The maximum atomic E-state index is 13.9. The van der Waals surface area contributed by atoms with Crippen molar-refractivity contribution in [1.82, 2.24) is 14.7 Å². The number of Topliss-reactive ketones (excluding diaryl/α,β-unsaturated/α-hetero) is 1.